The van der Waals surface area contributed by atoms with Gasteiger partial charge in [0.2, 0.25) is 23.4 Å². The van der Waals surface area contributed by atoms with Crippen LogP contribution in [0.3, 0.4) is 0 Å². The minimum atomic E-state index is -4.68. The number of piperidine rings is 1. The third kappa shape index (κ3) is 22.9. The average molecular weight is 1410 g/mol. The highest BCUT2D eigenvalue weighted by Crippen LogP contribution is 2.51. The van der Waals surface area contributed by atoms with Gasteiger partial charge in [-0.1, -0.05) is 62.1 Å². The Morgan fingerprint density at radius 1 is 0.719 bits per heavy atom. The Hall–Kier alpha value is -7.32. The summed E-state index contributed by atoms with van der Waals surface area (Å²) in [6.07, 6.45) is 22.0. The van der Waals surface area contributed by atoms with Crippen molar-refractivity contribution >= 4 is 87.3 Å². The second-order valence-corrected chi connectivity index (χ2v) is 30.6. The Kier molecular flexibility index (Phi) is 27.5. The van der Waals surface area contributed by atoms with Gasteiger partial charge in [-0.05, 0) is 143 Å². The van der Waals surface area contributed by atoms with E-state index in [-0.39, 0.29) is 105 Å². The van der Waals surface area contributed by atoms with Gasteiger partial charge in [0.15, 0.2) is 5.71 Å². The van der Waals surface area contributed by atoms with Crippen LogP contribution in [0.15, 0.2) is 137 Å². The first-order valence-corrected chi connectivity index (χ1v) is 38.0. The van der Waals surface area contributed by atoms with Crippen LogP contribution in [-0.2, 0) is 81.7 Å². The molecule has 1 atom stereocenters. The van der Waals surface area contributed by atoms with Gasteiger partial charge in [-0.3, -0.25) is 37.8 Å². The SMILES string of the molecule is CC1(C)C(/C=C/C=C/C=C2/N(CCCS(=O)(=O)[O-])c3ccc(S(=O)(=O)O)cc3C2(C)CCCCCC(=O)NCCOCCOCC(=O)NCc2cccc(C(=O)N3CCC(CCCCNC(=O)/C=C/c4cccnc4)CC3)c2)=[N+](CCCS(=O)(=O)O)c2ccc(S(=O)(=O)O)cc21. The summed E-state index contributed by atoms with van der Waals surface area (Å²) in [5.74, 6) is -1.43. The average Bonchev–Trinajstić information content (AvgIpc) is 1.59. The number of allylic oxidation sites excluding steroid dienone is 6. The fourth-order valence-electron chi connectivity index (χ4n) is 12.2. The molecule has 6 N–H and O–H groups in total. The van der Waals surface area contributed by atoms with Crippen LogP contribution in [0.2, 0.25) is 0 Å². The van der Waals surface area contributed by atoms with Crippen LogP contribution in [-0.4, -0.2) is 173 Å². The third-order valence-electron chi connectivity index (χ3n) is 17.2. The topological polar surface area (TPSA) is 366 Å². The van der Waals surface area contributed by atoms with Crippen molar-refractivity contribution in [1.29, 1.82) is 0 Å². The summed E-state index contributed by atoms with van der Waals surface area (Å²) in [6.45, 7) is 8.33. The van der Waals surface area contributed by atoms with Crippen LogP contribution in [0.4, 0.5) is 11.4 Å². The van der Waals surface area contributed by atoms with Gasteiger partial charge in [-0.2, -0.15) is 29.8 Å². The van der Waals surface area contributed by atoms with E-state index >= 15 is 0 Å². The molecule has 1 fully saturated rings. The molecule has 1 saturated heterocycles. The molecule has 4 aromatic rings. The van der Waals surface area contributed by atoms with Crippen LogP contribution in [0.1, 0.15) is 130 Å². The van der Waals surface area contributed by atoms with Crippen LogP contribution in [0.25, 0.3) is 6.08 Å². The van der Waals surface area contributed by atoms with E-state index in [0.717, 1.165) is 43.2 Å². The van der Waals surface area contributed by atoms with Crippen molar-refractivity contribution in [3.63, 3.8) is 0 Å². The summed E-state index contributed by atoms with van der Waals surface area (Å²) in [4.78, 5) is 58.1. The highest BCUT2D eigenvalue weighted by molar-refractivity contribution is 7.86. The molecule has 0 spiro atoms. The summed E-state index contributed by atoms with van der Waals surface area (Å²) < 4.78 is 150. The number of rotatable bonds is 37. The van der Waals surface area contributed by atoms with Crippen molar-refractivity contribution in [3.8, 4) is 0 Å². The number of amides is 4. The second-order valence-electron chi connectivity index (χ2n) is 24.7. The lowest BCUT2D eigenvalue weighted by molar-refractivity contribution is -0.437. The first-order chi connectivity index (χ1) is 45.4. The minimum Gasteiger partial charge on any atom is -0.748 e. The maximum atomic E-state index is 13.4. The van der Waals surface area contributed by atoms with E-state index in [2.05, 4.69) is 20.9 Å². The number of hydrogen-bond donors (Lipinski definition) is 6. The standard InChI is InChI=1S/C67H87N7O18S4/c1-66(2)56-45-54(95(85,86)87)24-26-58(56)73(35-14-42-93(79,80)81)60(66)20-6-4-7-21-61-67(3,57-46-55(96(88,89)90)25-27-59(57)74(61)36-15-43-94(82,83)84)31-10-5-8-22-62(75)70-34-39-91-40-41-92-49-64(77)71-48-52-17-12-19-53(44-52)65(78)72-37-29-50(30-38-72)16-9-11-33-69-63(76)28-23-51-18-13-32-68-47-51/h4,6-7,12-13,17-21,23-28,32,44-47,50H,5,8-11,14-16,22,29-31,33-43,48-49H2,1-3H3,(H6-,69,70,71,75,76,77,79,80,81,82,83,84,85,86,87,88,89,90)/b28-23+. The van der Waals surface area contributed by atoms with Gasteiger partial charge < -0.3 is 39.8 Å². The van der Waals surface area contributed by atoms with Gasteiger partial charge in [-0.15, -0.1) is 0 Å². The number of aromatic nitrogens is 1. The second kappa shape index (κ2) is 34.8. The maximum Gasteiger partial charge on any atom is 0.294 e. The number of likely N-dealkylation sites (tertiary alicyclic amines) is 1. The van der Waals surface area contributed by atoms with Crippen molar-refractivity contribution in [1.82, 2.24) is 25.8 Å². The van der Waals surface area contributed by atoms with Crippen LogP contribution >= 0.6 is 0 Å². The molecule has 25 nitrogen and oxygen atoms in total. The number of pyridine rings is 1. The first-order valence-electron chi connectivity index (χ1n) is 32.0. The summed E-state index contributed by atoms with van der Waals surface area (Å²) in [5, 5.41) is 8.57. The molecule has 96 heavy (non-hydrogen) atoms. The van der Waals surface area contributed by atoms with E-state index in [9.17, 15) is 71.1 Å². The lowest BCUT2D eigenvalue weighted by atomic mass is 9.77. The summed E-state index contributed by atoms with van der Waals surface area (Å²) in [7, 11) is -18.2. The Balaban J connectivity index is 0.833. The molecule has 3 aromatic carbocycles. The monoisotopic (exact) mass is 1410 g/mol. The van der Waals surface area contributed by atoms with Crippen molar-refractivity contribution in [2.45, 2.75) is 125 Å². The molecule has 0 aliphatic carbocycles. The summed E-state index contributed by atoms with van der Waals surface area (Å²) >= 11 is 0. The van der Waals surface area contributed by atoms with Crippen molar-refractivity contribution in [2.24, 2.45) is 5.92 Å². The van der Waals surface area contributed by atoms with Gasteiger partial charge in [0.1, 0.15) is 13.2 Å². The highest BCUT2D eigenvalue weighted by atomic mass is 32.2. The summed E-state index contributed by atoms with van der Waals surface area (Å²) in [6, 6.07) is 19.1. The Morgan fingerprint density at radius 3 is 2.16 bits per heavy atom. The molecule has 4 amide bonds. The van der Waals surface area contributed by atoms with Gasteiger partial charge >= 0.3 is 0 Å². The van der Waals surface area contributed by atoms with Crippen molar-refractivity contribution in [3.05, 3.63) is 155 Å². The molecule has 0 bridgehead atoms. The molecule has 7 rings (SSSR count). The van der Waals surface area contributed by atoms with E-state index in [1.54, 1.807) is 76.5 Å². The maximum absolute atomic E-state index is 13.4. The highest BCUT2D eigenvalue weighted by Gasteiger charge is 2.46. The Morgan fingerprint density at radius 2 is 1.45 bits per heavy atom. The molecule has 1 unspecified atom stereocenters. The fraction of sp³-hybridized carbons (Fsp3) is 0.463. The van der Waals surface area contributed by atoms with E-state index < -0.39 is 62.8 Å². The first kappa shape index (κ1) is 76.1. The smallest absolute Gasteiger partial charge is 0.294 e. The number of nitrogens with zero attached hydrogens (tertiary/aromatic N) is 4. The molecule has 3 aliphatic rings. The Labute approximate surface area is 563 Å². The van der Waals surface area contributed by atoms with E-state index in [1.807, 2.05) is 43.9 Å². The molecule has 0 radical (unpaired) electrons. The van der Waals surface area contributed by atoms with Crippen LogP contribution in [0, 0.1) is 5.92 Å². The molecule has 0 saturated carbocycles. The predicted molar refractivity (Wildman–Crippen MR) is 361 cm³/mol. The lowest BCUT2D eigenvalue weighted by Gasteiger charge is -2.32. The molecule has 3 aliphatic heterocycles. The van der Waals surface area contributed by atoms with Crippen LogP contribution in [0.5, 0.6) is 0 Å². The predicted octanol–water partition coefficient (Wildman–Crippen LogP) is 7.21. The molecular weight excluding hydrogens is 1320 g/mol. The number of nitrogens with one attached hydrogen (secondary N) is 3. The molecule has 29 heteroatoms. The number of carbonyl (C=O) groups is 4. The number of carbonyl (C=O) groups excluding carboxylic acids is 4. The van der Waals surface area contributed by atoms with Gasteiger partial charge in [-0.25, -0.2) is 8.42 Å². The van der Waals surface area contributed by atoms with Crippen LogP contribution < -0.4 is 20.9 Å². The number of unbranched alkanes of at least 4 members (excludes halogenated alkanes) is 3. The Bertz CT molecular complexity index is 4040. The third-order valence-corrected chi connectivity index (χ3v) is 20.5. The number of anilines is 1. The molecule has 4 heterocycles. The minimum absolute atomic E-state index is 0.0134. The quantitative estimate of drug-likeness (QED) is 0.00853. The lowest BCUT2D eigenvalue weighted by Crippen LogP contribution is -2.38. The summed E-state index contributed by atoms with van der Waals surface area (Å²) in [5.41, 5.74) is 3.73. The zero-order valence-corrected chi connectivity index (χ0v) is 57.5. The van der Waals surface area contributed by atoms with Crippen molar-refractivity contribution in [2.75, 3.05) is 82.1 Å². The van der Waals surface area contributed by atoms with Crippen molar-refractivity contribution < 1.29 is 85.1 Å². The van der Waals surface area contributed by atoms with E-state index in [1.165, 1.54) is 42.5 Å². The number of ether oxygens (including phenoxy) is 2. The zero-order chi connectivity index (χ0) is 69.7. The van der Waals surface area contributed by atoms with Gasteiger partial charge in [0, 0.05) is 116 Å². The molecule has 522 valence electrons. The number of fused-ring (bicyclic) bond motifs is 2. The number of hydrogen-bond acceptors (Lipinski definition) is 17. The number of benzene rings is 3. The largest absolute Gasteiger partial charge is 0.748 e. The van der Waals surface area contributed by atoms with E-state index in [4.69, 9.17) is 9.47 Å². The normalized spacial score (nSPS) is 17.3. The van der Waals surface area contributed by atoms with Gasteiger partial charge in [0.05, 0.1) is 50.9 Å². The van der Waals surface area contributed by atoms with E-state index in [0.29, 0.717) is 90.7 Å². The molecule has 1 aromatic heterocycles. The van der Waals surface area contributed by atoms with Gasteiger partial charge in [0.25, 0.3) is 36.3 Å². The zero-order valence-electron chi connectivity index (χ0n) is 54.3. The fourth-order valence-corrected chi connectivity index (χ4v) is 14.2. The molecular formula is C67H87N7O18S4.